The highest BCUT2D eigenvalue weighted by Crippen LogP contribution is 2.12. The van der Waals surface area contributed by atoms with Crippen LogP contribution in [0.2, 0.25) is 0 Å². The maximum atomic E-state index is 12.6. The quantitative estimate of drug-likeness (QED) is 0.598. The predicted octanol–water partition coefficient (Wildman–Crippen LogP) is 4.17. The lowest BCUT2D eigenvalue weighted by Gasteiger charge is -2.24. The molecule has 1 N–H and O–H groups in total. The first kappa shape index (κ1) is 20.6. The molecule has 150 valence electrons. The van der Waals surface area contributed by atoms with Gasteiger partial charge in [-0.15, -0.1) is 0 Å². The first-order valence-electron chi connectivity index (χ1n) is 9.87. The molecule has 3 aromatic rings. The molecule has 0 aliphatic rings. The number of hydrogen-bond donors (Lipinski definition) is 1. The van der Waals surface area contributed by atoms with Gasteiger partial charge in [-0.1, -0.05) is 60.7 Å². The second-order valence-corrected chi connectivity index (χ2v) is 7.32. The number of nitrogens with zero attached hydrogens (tertiary/aromatic N) is 1. The Hall–Kier alpha value is -3.11. The summed E-state index contributed by atoms with van der Waals surface area (Å²) < 4.78 is 5.75. The monoisotopic (exact) mass is 388 g/mol. The number of benzene rings is 3. The number of amides is 1. The molecule has 0 aliphatic heterocycles. The summed E-state index contributed by atoms with van der Waals surface area (Å²) in [6, 6.07) is 27.9. The molecule has 4 nitrogen and oxygen atoms in total. The molecule has 0 saturated carbocycles. The van der Waals surface area contributed by atoms with E-state index in [-0.39, 0.29) is 11.9 Å². The van der Waals surface area contributed by atoms with E-state index in [1.807, 2.05) is 86.9 Å². The number of hydrogen-bond acceptors (Lipinski definition) is 3. The molecule has 3 rings (SSSR count). The normalized spacial score (nSPS) is 11.8. The van der Waals surface area contributed by atoms with Crippen LogP contribution in [0.1, 0.15) is 21.5 Å². The molecule has 0 heterocycles. The summed E-state index contributed by atoms with van der Waals surface area (Å²) in [5.74, 6) is 0.780. The van der Waals surface area contributed by atoms with Gasteiger partial charge in [0.1, 0.15) is 12.4 Å². The van der Waals surface area contributed by atoms with Gasteiger partial charge in [-0.2, -0.15) is 0 Å². The van der Waals surface area contributed by atoms with E-state index in [0.717, 1.165) is 17.7 Å². The molecule has 0 aliphatic carbocycles. The Labute approximate surface area is 173 Å². The Kier molecular flexibility index (Phi) is 7.42. The molecule has 29 heavy (non-hydrogen) atoms. The molecule has 0 aromatic heterocycles. The summed E-state index contributed by atoms with van der Waals surface area (Å²) in [6.45, 7) is 1.07. The van der Waals surface area contributed by atoms with Crippen molar-refractivity contribution in [3.63, 3.8) is 0 Å². The Morgan fingerprint density at radius 1 is 0.862 bits per heavy atom. The van der Waals surface area contributed by atoms with Gasteiger partial charge in [0.25, 0.3) is 5.91 Å². The topological polar surface area (TPSA) is 41.6 Å². The average Bonchev–Trinajstić information content (AvgIpc) is 2.76. The van der Waals surface area contributed by atoms with Crippen LogP contribution in [0.5, 0.6) is 5.75 Å². The van der Waals surface area contributed by atoms with Crippen molar-refractivity contribution in [1.82, 2.24) is 10.2 Å². The van der Waals surface area contributed by atoms with Gasteiger partial charge in [-0.05, 0) is 55.9 Å². The molecule has 1 atom stereocenters. The Morgan fingerprint density at radius 2 is 1.48 bits per heavy atom. The van der Waals surface area contributed by atoms with E-state index < -0.39 is 0 Å². The van der Waals surface area contributed by atoms with Gasteiger partial charge in [0.2, 0.25) is 0 Å². The van der Waals surface area contributed by atoms with E-state index in [1.165, 1.54) is 5.56 Å². The van der Waals surface area contributed by atoms with Crippen molar-refractivity contribution in [3.8, 4) is 5.75 Å². The third kappa shape index (κ3) is 6.47. The number of likely N-dealkylation sites (N-methyl/N-ethyl adjacent to an activating group) is 1. The minimum Gasteiger partial charge on any atom is -0.489 e. The SMILES string of the molecule is CN(C)[C@@H](CNC(=O)c1ccc(COc2ccccc2)cc1)Cc1ccccc1. The largest absolute Gasteiger partial charge is 0.489 e. The van der Waals surface area contributed by atoms with Crippen LogP contribution in [0.15, 0.2) is 84.9 Å². The maximum Gasteiger partial charge on any atom is 0.251 e. The van der Waals surface area contributed by atoms with Crippen LogP contribution in [-0.4, -0.2) is 37.5 Å². The summed E-state index contributed by atoms with van der Waals surface area (Å²) in [7, 11) is 4.09. The van der Waals surface area contributed by atoms with Crippen molar-refractivity contribution in [2.24, 2.45) is 0 Å². The van der Waals surface area contributed by atoms with E-state index >= 15 is 0 Å². The van der Waals surface area contributed by atoms with E-state index in [2.05, 4.69) is 22.3 Å². The minimum atomic E-state index is -0.0551. The number of nitrogens with one attached hydrogen (secondary N) is 1. The fourth-order valence-electron chi connectivity index (χ4n) is 3.07. The average molecular weight is 389 g/mol. The molecular formula is C25H28N2O2. The second-order valence-electron chi connectivity index (χ2n) is 7.32. The summed E-state index contributed by atoms with van der Waals surface area (Å²) in [5.41, 5.74) is 2.95. The van der Waals surface area contributed by atoms with Crippen LogP contribution in [0, 0.1) is 0 Å². The molecule has 0 radical (unpaired) electrons. The maximum absolute atomic E-state index is 12.6. The highest BCUT2D eigenvalue weighted by Gasteiger charge is 2.14. The van der Waals surface area contributed by atoms with Crippen LogP contribution in [0.4, 0.5) is 0 Å². The van der Waals surface area contributed by atoms with Crippen LogP contribution < -0.4 is 10.1 Å². The Balaban J connectivity index is 1.51. The lowest BCUT2D eigenvalue weighted by molar-refractivity contribution is 0.0941. The second kappa shape index (κ2) is 10.4. The van der Waals surface area contributed by atoms with Gasteiger partial charge >= 0.3 is 0 Å². The standard InChI is InChI=1S/C25H28N2O2/c1-27(2)23(17-20-9-5-3-6-10-20)18-26-25(28)22-15-13-21(14-16-22)19-29-24-11-7-4-8-12-24/h3-16,23H,17-19H2,1-2H3,(H,26,28)/t23-/m1/s1. The molecule has 0 spiro atoms. The zero-order valence-corrected chi connectivity index (χ0v) is 17.0. The summed E-state index contributed by atoms with van der Waals surface area (Å²) in [4.78, 5) is 14.7. The van der Waals surface area contributed by atoms with Crippen molar-refractivity contribution in [1.29, 1.82) is 0 Å². The molecule has 4 heteroatoms. The molecule has 1 amide bonds. The first-order chi connectivity index (χ1) is 14.1. The van der Waals surface area contributed by atoms with Crippen LogP contribution in [-0.2, 0) is 13.0 Å². The Bertz CT molecular complexity index is 878. The molecule has 3 aromatic carbocycles. The van der Waals surface area contributed by atoms with Crippen molar-refractivity contribution >= 4 is 5.91 Å². The van der Waals surface area contributed by atoms with Crippen molar-refractivity contribution in [3.05, 3.63) is 102 Å². The third-order valence-electron chi connectivity index (χ3n) is 4.91. The number of carbonyl (C=O) groups excluding carboxylic acids is 1. The summed E-state index contributed by atoms with van der Waals surface area (Å²) in [6.07, 6.45) is 0.893. The van der Waals surface area contributed by atoms with E-state index in [0.29, 0.717) is 18.7 Å². The molecule has 0 unspecified atom stereocenters. The smallest absolute Gasteiger partial charge is 0.251 e. The van der Waals surface area contributed by atoms with Gasteiger partial charge in [0, 0.05) is 18.2 Å². The first-order valence-corrected chi connectivity index (χ1v) is 9.87. The molecule has 0 bridgehead atoms. The predicted molar refractivity (Wildman–Crippen MR) is 117 cm³/mol. The highest BCUT2D eigenvalue weighted by atomic mass is 16.5. The highest BCUT2D eigenvalue weighted by molar-refractivity contribution is 5.94. The molecule has 0 saturated heterocycles. The van der Waals surface area contributed by atoms with Crippen LogP contribution in [0.3, 0.4) is 0 Å². The fraction of sp³-hybridized carbons (Fsp3) is 0.240. The van der Waals surface area contributed by atoms with Gasteiger partial charge in [-0.3, -0.25) is 4.79 Å². The van der Waals surface area contributed by atoms with Crippen LogP contribution >= 0.6 is 0 Å². The Morgan fingerprint density at radius 3 is 2.10 bits per heavy atom. The van der Waals surface area contributed by atoms with Gasteiger partial charge in [-0.25, -0.2) is 0 Å². The zero-order chi connectivity index (χ0) is 20.5. The fourth-order valence-corrected chi connectivity index (χ4v) is 3.07. The minimum absolute atomic E-state index is 0.0551. The molecular weight excluding hydrogens is 360 g/mol. The summed E-state index contributed by atoms with van der Waals surface area (Å²) >= 11 is 0. The summed E-state index contributed by atoms with van der Waals surface area (Å²) in [5, 5.41) is 3.07. The van der Waals surface area contributed by atoms with E-state index in [9.17, 15) is 4.79 Å². The number of rotatable bonds is 9. The van der Waals surface area contributed by atoms with Crippen molar-refractivity contribution < 1.29 is 9.53 Å². The lowest BCUT2D eigenvalue weighted by atomic mass is 10.0. The van der Waals surface area contributed by atoms with Gasteiger partial charge in [0.15, 0.2) is 0 Å². The third-order valence-corrected chi connectivity index (χ3v) is 4.91. The number of para-hydroxylation sites is 1. The lowest BCUT2D eigenvalue weighted by Crippen LogP contribution is -2.41. The van der Waals surface area contributed by atoms with Crippen molar-refractivity contribution in [2.75, 3.05) is 20.6 Å². The number of carbonyl (C=O) groups is 1. The zero-order valence-electron chi connectivity index (χ0n) is 17.0. The van der Waals surface area contributed by atoms with Crippen molar-refractivity contribution in [2.45, 2.75) is 19.1 Å². The van der Waals surface area contributed by atoms with Gasteiger partial charge in [0.05, 0.1) is 0 Å². The van der Waals surface area contributed by atoms with E-state index in [4.69, 9.17) is 4.74 Å². The molecule has 0 fully saturated rings. The van der Waals surface area contributed by atoms with E-state index in [1.54, 1.807) is 0 Å². The van der Waals surface area contributed by atoms with Crippen LogP contribution in [0.25, 0.3) is 0 Å². The number of ether oxygens (including phenoxy) is 1. The van der Waals surface area contributed by atoms with Gasteiger partial charge < -0.3 is 15.0 Å².